The van der Waals surface area contributed by atoms with E-state index in [0.29, 0.717) is 12.1 Å². The van der Waals surface area contributed by atoms with Crippen LogP contribution < -0.4 is 10.2 Å². The Labute approximate surface area is 112 Å². The van der Waals surface area contributed by atoms with Crippen molar-refractivity contribution in [1.29, 1.82) is 0 Å². The van der Waals surface area contributed by atoms with Crippen LogP contribution in [-0.2, 0) is 9.59 Å². The summed E-state index contributed by atoms with van der Waals surface area (Å²) in [4.78, 5) is 24.6. The first-order valence-corrected chi connectivity index (χ1v) is 6.22. The van der Waals surface area contributed by atoms with Crippen molar-refractivity contribution in [2.24, 2.45) is 11.8 Å². The number of aryl methyl sites for hydroxylation is 1. The molecule has 19 heavy (non-hydrogen) atoms. The number of carbonyl (C=O) groups is 2. The molecule has 0 radical (unpaired) electrons. The number of nitrogens with one attached hydrogen (secondary N) is 1. The van der Waals surface area contributed by atoms with E-state index in [1.54, 1.807) is 0 Å². The number of hydrogen-bond donors (Lipinski definition) is 2. The maximum absolute atomic E-state index is 11.9. The minimum Gasteiger partial charge on any atom is -0.481 e. The monoisotopic (exact) mass is 262 g/mol. The molecule has 1 aliphatic rings. The molecule has 2 rings (SSSR count). The summed E-state index contributed by atoms with van der Waals surface area (Å²) in [7, 11) is 3.88. The van der Waals surface area contributed by atoms with Crippen LogP contribution in [0.1, 0.15) is 12.0 Å². The van der Waals surface area contributed by atoms with Gasteiger partial charge in [0.2, 0.25) is 5.91 Å². The quantitative estimate of drug-likeness (QED) is 0.867. The van der Waals surface area contributed by atoms with Crippen molar-refractivity contribution < 1.29 is 14.7 Å². The first-order valence-electron chi connectivity index (χ1n) is 6.22. The van der Waals surface area contributed by atoms with E-state index in [1.807, 2.05) is 44.1 Å². The predicted molar refractivity (Wildman–Crippen MR) is 73.4 cm³/mol. The van der Waals surface area contributed by atoms with Crippen molar-refractivity contribution in [2.75, 3.05) is 24.3 Å². The van der Waals surface area contributed by atoms with E-state index in [4.69, 9.17) is 5.11 Å². The Morgan fingerprint density at radius 3 is 2.53 bits per heavy atom. The zero-order valence-corrected chi connectivity index (χ0v) is 11.3. The highest BCUT2D eigenvalue weighted by Gasteiger charge is 2.48. The van der Waals surface area contributed by atoms with Crippen molar-refractivity contribution in [3.63, 3.8) is 0 Å². The average molecular weight is 262 g/mol. The third-order valence-corrected chi connectivity index (χ3v) is 3.40. The fourth-order valence-corrected chi connectivity index (χ4v) is 2.16. The van der Waals surface area contributed by atoms with Crippen molar-refractivity contribution in [3.8, 4) is 0 Å². The Morgan fingerprint density at radius 1 is 1.32 bits per heavy atom. The summed E-state index contributed by atoms with van der Waals surface area (Å²) >= 11 is 0. The zero-order valence-electron chi connectivity index (χ0n) is 11.3. The molecule has 0 aromatic heterocycles. The molecule has 2 N–H and O–H groups in total. The number of benzene rings is 1. The van der Waals surface area contributed by atoms with Gasteiger partial charge in [-0.15, -0.1) is 0 Å². The van der Waals surface area contributed by atoms with Crippen molar-refractivity contribution in [1.82, 2.24) is 0 Å². The van der Waals surface area contributed by atoms with Crippen LogP contribution in [0.2, 0.25) is 0 Å². The number of aliphatic carboxylic acids is 1. The Kier molecular flexibility index (Phi) is 3.46. The normalized spacial score (nSPS) is 20.8. The molecule has 0 spiro atoms. The largest absolute Gasteiger partial charge is 0.481 e. The predicted octanol–water partition coefficient (Wildman–Crippen LogP) is 1.72. The highest BCUT2D eigenvalue weighted by atomic mass is 16.4. The van der Waals surface area contributed by atoms with Crippen LogP contribution in [0.25, 0.3) is 0 Å². The second-order valence-corrected chi connectivity index (χ2v) is 5.17. The number of rotatable bonds is 4. The molecule has 0 heterocycles. The molecular weight excluding hydrogens is 244 g/mol. The van der Waals surface area contributed by atoms with Gasteiger partial charge < -0.3 is 15.3 Å². The lowest BCUT2D eigenvalue weighted by Gasteiger charge is -2.17. The Balaban J connectivity index is 2.06. The van der Waals surface area contributed by atoms with Crippen LogP contribution in [0.3, 0.4) is 0 Å². The van der Waals surface area contributed by atoms with Crippen LogP contribution in [0.15, 0.2) is 18.2 Å². The summed E-state index contributed by atoms with van der Waals surface area (Å²) in [5.41, 5.74) is 2.86. The minimum absolute atomic E-state index is 0.207. The number of amides is 1. The first-order chi connectivity index (χ1) is 8.90. The van der Waals surface area contributed by atoms with Gasteiger partial charge in [0.1, 0.15) is 0 Å². The number of hydrogen-bond acceptors (Lipinski definition) is 3. The third-order valence-electron chi connectivity index (χ3n) is 3.40. The van der Waals surface area contributed by atoms with Gasteiger partial charge in [-0.1, -0.05) is 6.07 Å². The summed E-state index contributed by atoms with van der Waals surface area (Å²) in [6.07, 6.45) is 0.438. The highest BCUT2D eigenvalue weighted by molar-refractivity contribution is 5.98. The summed E-state index contributed by atoms with van der Waals surface area (Å²) in [6, 6.07) is 5.66. The SMILES string of the molecule is Cc1ccc(NC(=O)C2CC2C(=O)O)cc1N(C)C. The fourth-order valence-electron chi connectivity index (χ4n) is 2.16. The fraction of sp³-hybridized carbons (Fsp3) is 0.429. The maximum atomic E-state index is 11.9. The summed E-state index contributed by atoms with van der Waals surface area (Å²) < 4.78 is 0. The molecule has 1 aliphatic carbocycles. The van der Waals surface area contributed by atoms with Crippen LogP contribution in [-0.4, -0.2) is 31.1 Å². The number of carboxylic acids is 1. The van der Waals surface area contributed by atoms with Crippen LogP contribution in [0.5, 0.6) is 0 Å². The third kappa shape index (κ3) is 2.86. The van der Waals surface area contributed by atoms with E-state index in [2.05, 4.69) is 5.32 Å². The van der Waals surface area contributed by atoms with E-state index < -0.39 is 11.9 Å². The van der Waals surface area contributed by atoms with Gasteiger partial charge in [-0.3, -0.25) is 9.59 Å². The number of carbonyl (C=O) groups excluding carboxylic acids is 1. The second kappa shape index (κ2) is 4.91. The minimum atomic E-state index is -0.891. The topological polar surface area (TPSA) is 69.6 Å². The molecule has 5 nitrogen and oxygen atoms in total. The van der Waals surface area contributed by atoms with Gasteiger partial charge in [0.15, 0.2) is 0 Å². The molecule has 0 saturated heterocycles. The molecule has 1 saturated carbocycles. The zero-order chi connectivity index (χ0) is 14.2. The Bertz CT molecular complexity index is 525. The Hall–Kier alpha value is -2.04. The molecule has 0 aliphatic heterocycles. The van der Waals surface area contributed by atoms with Gasteiger partial charge in [-0.2, -0.15) is 0 Å². The van der Waals surface area contributed by atoms with E-state index in [1.165, 1.54) is 0 Å². The van der Waals surface area contributed by atoms with Crippen LogP contribution in [0, 0.1) is 18.8 Å². The number of nitrogens with zero attached hydrogens (tertiary/aromatic N) is 1. The summed E-state index contributed by atoms with van der Waals surface area (Å²) in [5, 5.41) is 11.6. The average Bonchev–Trinajstić information content (AvgIpc) is 3.11. The number of anilines is 2. The molecule has 1 aromatic rings. The smallest absolute Gasteiger partial charge is 0.307 e. The van der Waals surface area contributed by atoms with Gasteiger partial charge in [-0.05, 0) is 31.0 Å². The van der Waals surface area contributed by atoms with Gasteiger partial charge in [-0.25, -0.2) is 0 Å². The summed E-state index contributed by atoms with van der Waals surface area (Å²) in [5.74, 6) is -2.00. The molecule has 5 heteroatoms. The maximum Gasteiger partial charge on any atom is 0.307 e. The number of carboxylic acid groups (broad SMARTS) is 1. The molecule has 1 aromatic carbocycles. The van der Waals surface area contributed by atoms with Gasteiger partial charge in [0, 0.05) is 25.5 Å². The lowest BCUT2D eigenvalue weighted by atomic mass is 10.1. The molecule has 0 bridgehead atoms. The lowest BCUT2D eigenvalue weighted by Crippen LogP contribution is -2.17. The molecule has 2 unspecified atom stereocenters. The van der Waals surface area contributed by atoms with Crippen LogP contribution >= 0.6 is 0 Å². The van der Waals surface area contributed by atoms with Crippen molar-refractivity contribution in [2.45, 2.75) is 13.3 Å². The van der Waals surface area contributed by atoms with Crippen molar-refractivity contribution >= 4 is 23.3 Å². The molecule has 1 fully saturated rings. The van der Waals surface area contributed by atoms with Gasteiger partial charge in [0.25, 0.3) is 0 Å². The molecule has 1 amide bonds. The van der Waals surface area contributed by atoms with Gasteiger partial charge >= 0.3 is 5.97 Å². The molecular formula is C14H18N2O3. The standard InChI is InChI=1S/C14H18N2O3/c1-8-4-5-9(6-12(8)16(2)3)15-13(17)10-7-11(10)14(18)19/h4-6,10-11H,7H2,1-3H3,(H,15,17)(H,18,19). The van der Waals surface area contributed by atoms with Crippen LogP contribution in [0.4, 0.5) is 11.4 Å². The molecule has 2 atom stereocenters. The van der Waals surface area contributed by atoms with Crippen molar-refractivity contribution in [3.05, 3.63) is 23.8 Å². The first kappa shape index (κ1) is 13.4. The lowest BCUT2D eigenvalue weighted by molar-refractivity contribution is -0.139. The van der Waals surface area contributed by atoms with E-state index in [0.717, 1.165) is 11.3 Å². The van der Waals surface area contributed by atoms with E-state index >= 15 is 0 Å². The second-order valence-electron chi connectivity index (χ2n) is 5.17. The molecule has 102 valence electrons. The highest BCUT2D eigenvalue weighted by Crippen LogP contribution is 2.39. The van der Waals surface area contributed by atoms with E-state index in [9.17, 15) is 9.59 Å². The van der Waals surface area contributed by atoms with Gasteiger partial charge in [0.05, 0.1) is 11.8 Å². The van der Waals surface area contributed by atoms with E-state index in [-0.39, 0.29) is 11.8 Å². The summed E-state index contributed by atoms with van der Waals surface area (Å²) in [6.45, 7) is 2.00. The Morgan fingerprint density at radius 2 is 2.00 bits per heavy atom.